The number of benzene rings is 4. The molecule has 1 atom stereocenters. The molecule has 4 aromatic rings. The Hall–Kier alpha value is -3.85. The first-order chi connectivity index (χ1) is 21.8. The van der Waals surface area contributed by atoms with Crippen molar-refractivity contribution in [1.82, 2.24) is 10.2 Å². The topological polar surface area (TPSA) is 86.8 Å². The molecule has 7 nitrogen and oxygen atoms in total. The van der Waals surface area contributed by atoms with Crippen LogP contribution >= 0.6 is 23.2 Å². The van der Waals surface area contributed by atoms with Gasteiger partial charge in [0.1, 0.15) is 12.6 Å². The number of sulfonamides is 1. The molecule has 0 radical (unpaired) electrons. The smallest absolute Gasteiger partial charge is 0.264 e. The lowest BCUT2D eigenvalue weighted by Gasteiger charge is -2.34. The lowest BCUT2D eigenvalue weighted by molar-refractivity contribution is -0.140. The van der Waals surface area contributed by atoms with Gasteiger partial charge in [-0.05, 0) is 81.6 Å². The second-order valence-corrected chi connectivity index (χ2v) is 14.4. The molecule has 46 heavy (non-hydrogen) atoms. The summed E-state index contributed by atoms with van der Waals surface area (Å²) in [6, 6.07) is 25.0. The van der Waals surface area contributed by atoms with E-state index < -0.39 is 28.5 Å². The molecule has 0 aromatic heterocycles. The maximum Gasteiger partial charge on any atom is 0.264 e. The molecule has 242 valence electrons. The molecule has 0 saturated heterocycles. The van der Waals surface area contributed by atoms with E-state index in [1.165, 1.54) is 17.0 Å². The Morgan fingerprint density at radius 2 is 1.48 bits per heavy atom. The largest absolute Gasteiger partial charge is 0.352 e. The van der Waals surface area contributed by atoms with Gasteiger partial charge in [0, 0.05) is 29.1 Å². The fourth-order valence-electron chi connectivity index (χ4n) is 5.20. The van der Waals surface area contributed by atoms with Gasteiger partial charge < -0.3 is 10.2 Å². The van der Waals surface area contributed by atoms with E-state index in [0.29, 0.717) is 26.9 Å². The van der Waals surface area contributed by atoms with Crippen LogP contribution in [-0.4, -0.2) is 43.8 Å². The molecule has 0 unspecified atom stereocenters. The SMILES string of the molecule is Cc1ccc(S(=O)(=O)N(CC(=O)N(Cc2ccc(Cl)cc2Cl)[C@H](Cc2ccccc2)C(=O)NC(C)C)c2ccc(C)cc2C)cc1. The molecule has 0 fully saturated rings. The number of anilines is 1. The number of hydrogen-bond acceptors (Lipinski definition) is 4. The molecule has 0 spiro atoms. The lowest BCUT2D eigenvalue weighted by Crippen LogP contribution is -2.54. The highest BCUT2D eigenvalue weighted by atomic mass is 35.5. The third-order valence-corrected chi connectivity index (χ3v) is 9.93. The van der Waals surface area contributed by atoms with Crippen LogP contribution in [0.1, 0.15) is 41.7 Å². The van der Waals surface area contributed by atoms with E-state index in [1.807, 2.05) is 77.1 Å². The Balaban J connectivity index is 1.85. The molecule has 4 aromatic carbocycles. The number of carbonyl (C=O) groups is 2. The summed E-state index contributed by atoms with van der Waals surface area (Å²) in [6.45, 7) is 8.68. The molecular weight excluding hydrogens is 641 g/mol. The van der Waals surface area contributed by atoms with Gasteiger partial charge >= 0.3 is 0 Å². The van der Waals surface area contributed by atoms with Crippen LogP contribution in [0.5, 0.6) is 0 Å². The Labute approximate surface area is 282 Å². The summed E-state index contributed by atoms with van der Waals surface area (Å²) in [5.74, 6) is -0.932. The van der Waals surface area contributed by atoms with Gasteiger partial charge in [-0.3, -0.25) is 13.9 Å². The molecular formula is C36H39Cl2N3O4S. The molecule has 0 saturated carbocycles. The van der Waals surface area contributed by atoms with Gasteiger partial charge in [0.25, 0.3) is 10.0 Å². The van der Waals surface area contributed by atoms with Crippen LogP contribution < -0.4 is 9.62 Å². The fraction of sp³-hybridized carbons (Fsp3) is 0.278. The molecule has 0 heterocycles. The Kier molecular flexibility index (Phi) is 11.5. The first kappa shape index (κ1) is 35.0. The average Bonchev–Trinajstić information content (AvgIpc) is 2.99. The fourth-order valence-corrected chi connectivity index (χ4v) is 7.15. The highest BCUT2D eigenvalue weighted by Gasteiger charge is 2.35. The summed E-state index contributed by atoms with van der Waals surface area (Å²) in [5, 5.41) is 3.70. The van der Waals surface area contributed by atoms with Crippen molar-refractivity contribution in [2.24, 2.45) is 0 Å². The van der Waals surface area contributed by atoms with Crippen molar-refractivity contribution in [2.75, 3.05) is 10.8 Å². The Morgan fingerprint density at radius 1 is 0.826 bits per heavy atom. The minimum absolute atomic E-state index is 0.0524. The maximum absolute atomic E-state index is 14.6. The van der Waals surface area contributed by atoms with Gasteiger partial charge in [-0.1, -0.05) is 95.0 Å². The number of nitrogens with zero attached hydrogens (tertiary/aromatic N) is 2. The van der Waals surface area contributed by atoms with Crippen LogP contribution in [0.15, 0.2) is 95.9 Å². The van der Waals surface area contributed by atoms with E-state index in [2.05, 4.69) is 5.32 Å². The van der Waals surface area contributed by atoms with Crippen molar-refractivity contribution >= 4 is 50.7 Å². The molecule has 0 aliphatic rings. The van der Waals surface area contributed by atoms with Crippen molar-refractivity contribution in [2.45, 2.75) is 64.6 Å². The van der Waals surface area contributed by atoms with Gasteiger partial charge in [0.15, 0.2) is 0 Å². The number of aryl methyl sites for hydroxylation is 3. The van der Waals surface area contributed by atoms with Crippen molar-refractivity contribution in [3.05, 3.63) is 129 Å². The predicted molar refractivity (Wildman–Crippen MR) is 186 cm³/mol. The van der Waals surface area contributed by atoms with Crippen LogP contribution in [0.3, 0.4) is 0 Å². The van der Waals surface area contributed by atoms with Crippen LogP contribution in [0.2, 0.25) is 10.0 Å². The summed E-state index contributed by atoms with van der Waals surface area (Å²) < 4.78 is 29.7. The Morgan fingerprint density at radius 3 is 2.09 bits per heavy atom. The highest BCUT2D eigenvalue weighted by Crippen LogP contribution is 2.29. The van der Waals surface area contributed by atoms with E-state index in [4.69, 9.17) is 23.2 Å². The molecule has 2 amide bonds. The third-order valence-electron chi connectivity index (χ3n) is 7.57. The first-order valence-electron chi connectivity index (χ1n) is 15.0. The van der Waals surface area contributed by atoms with E-state index in [1.54, 1.807) is 36.4 Å². The summed E-state index contributed by atoms with van der Waals surface area (Å²) in [6.07, 6.45) is 0.199. The van der Waals surface area contributed by atoms with Gasteiger partial charge in [-0.25, -0.2) is 8.42 Å². The number of hydrogen-bond donors (Lipinski definition) is 1. The minimum Gasteiger partial charge on any atom is -0.352 e. The third kappa shape index (κ3) is 8.69. The zero-order valence-electron chi connectivity index (χ0n) is 26.6. The lowest BCUT2D eigenvalue weighted by atomic mass is 10.0. The van der Waals surface area contributed by atoms with Gasteiger partial charge in [0.05, 0.1) is 10.6 Å². The van der Waals surface area contributed by atoms with Crippen LogP contribution in [0.4, 0.5) is 5.69 Å². The number of carbonyl (C=O) groups excluding carboxylic acids is 2. The standard InChI is InChI=1S/C36H39Cl2N3O4S/c1-24(2)39-36(43)34(20-28-9-7-6-8-10-28)40(22-29-14-15-30(37)21-32(29)38)35(42)23-41(33-18-13-26(4)19-27(33)5)46(44,45)31-16-11-25(3)12-17-31/h6-19,21,24,34H,20,22-23H2,1-5H3,(H,39,43)/t34-/m1/s1. The van der Waals surface area contributed by atoms with Crippen molar-refractivity contribution in [3.8, 4) is 0 Å². The molecule has 1 N–H and O–H groups in total. The number of amides is 2. The summed E-state index contributed by atoms with van der Waals surface area (Å²) in [4.78, 5) is 29.9. The van der Waals surface area contributed by atoms with Gasteiger partial charge in [-0.2, -0.15) is 0 Å². The maximum atomic E-state index is 14.6. The predicted octanol–water partition coefficient (Wildman–Crippen LogP) is 7.28. The number of rotatable bonds is 12. The molecule has 0 aliphatic heterocycles. The quantitative estimate of drug-likeness (QED) is 0.171. The zero-order valence-corrected chi connectivity index (χ0v) is 29.0. The summed E-state index contributed by atoms with van der Waals surface area (Å²) in [5.41, 5.74) is 4.31. The van der Waals surface area contributed by atoms with Crippen molar-refractivity contribution < 1.29 is 18.0 Å². The number of nitrogens with one attached hydrogen (secondary N) is 1. The van der Waals surface area contributed by atoms with Crippen molar-refractivity contribution in [3.63, 3.8) is 0 Å². The summed E-state index contributed by atoms with van der Waals surface area (Å²) in [7, 11) is -4.20. The monoisotopic (exact) mass is 679 g/mol. The molecule has 0 aliphatic carbocycles. The second-order valence-electron chi connectivity index (χ2n) is 11.7. The van der Waals surface area contributed by atoms with Gasteiger partial charge in [-0.15, -0.1) is 0 Å². The van der Waals surface area contributed by atoms with E-state index in [0.717, 1.165) is 21.0 Å². The van der Waals surface area contributed by atoms with Gasteiger partial charge in [0.2, 0.25) is 11.8 Å². The first-order valence-corrected chi connectivity index (χ1v) is 17.2. The van der Waals surface area contributed by atoms with Crippen LogP contribution in [-0.2, 0) is 32.6 Å². The normalized spacial score (nSPS) is 12.1. The summed E-state index contributed by atoms with van der Waals surface area (Å²) >= 11 is 12.8. The molecule has 4 rings (SSSR count). The minimum atomic E-state index is -4.20. The average molecular weight is 681 g/mol. The van der Waals surface area contributed by atoms with E-state index in [9.17, 15) is 18.0 Å². The van der Waals surface area contributed by atoms with E-state index in [-0.39, 0.29) is 29.8 Å². The second kappa shape index (κ2) is 15.2. The highest BCUT2D eigenvalue weighted by molar-refractivity contribution is 7.92. The van der Waals surface area contributed by atoms with Crippen molar-refractivity contribution in [1.29, 1.82) is 0 Å². The molecule has 10 heteroatoms. The van der Waals surface area contributed by atoms with Crippen LogP contribution in [0, 0.1) is 20.8 Å². The Bertz CT molecular complexity index is 1800. The molecule has 0 bridgehead atoms. The number of halogens is 2. The van der Waals surface area contributed by atoms with E-state index >= 15 is 0 Å². The van der Waals surface area contributed by atoms with Crippen LogP contribution in [0.25, 0.3) is 0 Å². The zero-order chi connectivity index (χ0) is 33.6.